The molecule has 0 aliphatic carbocycles. The zero-order chi connectivity index (χ0) is 10.8. The van der Waals surface area contributed by atoms with Crippen LogP contribution < -0.4 is 0 Å². The molecule has 0 aromatic heterocycles. The molecule has 0 radical (unpaired) electrons. The van der Waals surface area contributed by atoms with E-state index >= 15 is 0 Å². The second-order valence-electron chi connectivity index (χ2n) is 4.09. The third-order valence-electron chi connectivity index (χ3n) is 2.93. The second-order valence-corrected chi connectivity index (χ2v) is 8.22. The SMILES string of the molecule is c1ccc2cc([S+]3CCCCS3)ccc2c1. The van der Waals surface area contributed by atoms with Gasteiger partial charge < -0.3 is 0 Å². The van der Waals surface area contributed by atoms with Gasteiger partial charge in [0.2, 0.25) is 0 Å². The second kappa shape index (κ2) is 4.72. The summed E-state index contributed by atoms with van der Waals surface area (Å²) in [5.41, 5.74) is 0. The van der Waals surface area contributed by atoms with Crippen molar-refractivity contribution in [1.82, 2.24) is 0 Å². The predicted octanol–water partition coefficient (Wildman–Crippen LogP) is 4.26. The largest absolute Gasteiger partial charge is 0.168 e. The van der Waals surface area contributed by atoms with Crippen LogP contribution in [0.25, 0.3) is 10.8 Å². The summed E-state index contributed by atoms with van der Waals surface area (Å²) in [5, 5.41) is 2.75. The first kappa shape index (κ1) is 10.5. The average Bonchev–Trinajstić information content (AvgIpc) is 2.39. The molecule has 1 aliphatic heterocycles. The third kappa shape index (κ3) is 2.09. The van der Waals surface area contributed by atoms with Crippen molar-refractivity contribution in [3.05, 3.63) is 42.5 Å². The Morgan fingerprint density at radius 1 is 0.938 bits per heavy atom. The molecule has 0 spiro atoms. The van der Waals surface area contributed by atoms with Crippen LogP contribution in [-0.4, -0.2) is 11.5 Å². The molecule has 1 unspecified atom stereocenters. The van der Waals surface area contributed by atoms with E-state index < -0.39 is 0 Å². The van der Waals surface area contributed by atoms with E-state index in [9.17, 15) is 0 Å². The Labute approximate surface area is 103 Å². The molecule has 0 nitrogen and oxygen atoms in total. The highest BCUT2D eigenvalue weighted by Crippen LogP contribution is 2.33. The smallest absolute Gasteiger partial charge is 0.0616 e. The van der Waals surface area contributed by atoms with E-state index in [1.807, 2.05) is 0 Å². The highest BCUT2D eigenvalue weighted by atomic mass is 33.1. The van der Waals surface area contributed by atoms with E-state index in [0.717, 1.165) is 0 Å². The van der Waals surface area contributed by atoms with Gasteiger partial charge in [0.15, 0.2) is 4.90 Å². The van der Waals surface area contributed by atoms with Gasteiger partial charge in [0.1, 0.15) is 5.75 Å². The Kier molecular flexibility index (Phi) is 3.11. The highest BCUT2D eigenvalue weighted by molar-refractivity contribution is 8.74. The highest BCUT2D eigenvalue weighted by Gasteiger charge is 2.26. The van der Waals surface area contributed by atoms with E-state index in [2.05, 4.69) is 53.3 Å². The maximum absolute atomic E-state index is 2.39. The lowest BCUT2D eigenvalue weighted by molar-refractivity contribution is 0.900. The van der Waals surface area contributed by atoms with Crippen molar-refractivity contribution in [3.63, 3.8) is 0 Å². The summed E-state index contributed by atoms with van der Waals surface area (Å²) in [6.45, 7) is 0. The van der Waals surface area contributed by atoms with Gasteiger partial charge in [-0.25, -0.2) is 0 Å². The molecule has 16 heavy (non-hydrogen) atoms. The fourth-order valence-corrected chi connectivity index (χ4v) is 6.39. The van der Waals surface area contributed by atoms with Crippen LogP contribution in [0.5, 0.6) is 0 Å². The summed E-state index contributed by atoms with van der Waals surface area (Å²) in [4.78, 5) is 1.54. The topological polar surface area (TPSA) is 0 Å². The van der Waals surface area contributed by atoms with Gasteiger partial charge in [0, 0.05) is 11.8 Å². The van der Waals surface area contributed by atoms with Crippen molar-refractivity contribution < 1.29 is 0 Å². The monoisotopic (exact) mass is 247 g/mol. The van der Waals surface area contributed by atoms with Crippen LogP contribution in [-0.2, 0) is 9.93 Å². The molecule has 1 aliphatic rings. The maximum atomic E-state index is 2.39. The van der Waals surface area contributed by atoms with E-state index in [1.165, 1.54) is 35.1 Å². The van der Waals surface area contributed by atoms with E-state index in [4.69, 9.17) is 0 Å². The van der Waals surface area contributed by atoms with Gasteiger partial charge in [0.05, 0.1) is 20.7 Å². The van der Waals surface area contributed by atoms with Crippen LogP contribution in [0.2, 0.25) is 0 Å². The van der Waals surface area contributed by atoms with Crippen LogP contribution in [0.3, 0.4) is 0 Å². The average molecular weight is 247 g/mol. The van der Waals surface area contributed by atoms with Gasteiger partial charge >= 0.3 is 0 Å². The number of rotatable bonds is 1. The quantitative estimate of drug-likeness (QED) is 0.536. The Bertz CT molecular complexity index is 487. The Morgan fingerprint density at radius 2 is 1.81 bits per heavy atom. The first-order valence-electron chi connectivity index (χ1n) is 5.76. The van der Waals surface area contributed by atoms with E-state index in [0.29, 0.717) is 9.93 Å². The lowest BCUT2D eigenvalue weighted by Crippen LogP contribution is -2.09. The Hall–Kier alpha value is -0.600. The van der Waals surface area contributed by atoms with Crippen LogP contribution in [0.15, 0.2) is 47.4 Å². The molecular weight excluding hydrogens is 232 g/mol. The summed E-state index contributed by atoms with van der Waals surface area (Å²) >= 11 is 0. The third-order valence-corrected chi connectivity index (χ3v) is 7.54. The minimum atomic E-state index is 0.453. The lowest BCUT2D eigenvalue weighted by atomic mass is 10.1. The van der Waals surface area contributed by atoms with Gasteiger partial charge in [-0.1, -0.05) is 24.3 Å². The van der Waals surface area contributed by atoms with Crippen molar-refractivity contribution >= 4 is 31.5 Å². The summed E-state index contributed by atoms with van der Waals surface area (Å²) in [5.74, 6) is 2.72. The molecule has 1 fully saturated rings. The minimum Gasteiger partial charge on any atom is -0.0616 e. The first-order chi connectivity index (χ1) is 7.93. The van der Waals surface area contributed by atoms with Crippen LogP contribution in [0.1, 0.15) is 12.8 Å². The van der Waals surface area contributed by atoms with Gasteiger partial charge in [0.25, 0.3) is 0 Å². The summed E-state index contributed by atoms with van der Waals surface area (Å²) in [6.07, 6.45) is 2.81. The van der Waals surface area contributed by atoms with E-state index in [-0.39, 0.29) is 0 Å². The molecular formula is C14H15S2+. The molecule has 1 atom stereocenters. The maximum Gasteiger partial charge on any atom is 0.168 e. The summed E-state index contributed by atoms with van der Waals surface area (Å²) < 4.78 is 0. The molecule has 82 valence electrons. The van der Waals surface area contributed by atoms with Gasteiger partial charge in [-0.15, -0.1) is 0 Å². The Morgan fingerprint density at radius 3 is 2.62 bits per heavy atom. The molecule has 0 bridgehead atoms. The lowest BCUT2D eigenvalue weighted by Gasteiger charge is -2.11. The molecule has 2 aromatic rings. The van der Waals surface area contributed by atoms with E-state index in [1.54, 1.807) is 4.90 Å². The van der Waals surface area contributed by atoms with Gasteiger partial charge in [-0.05, 0) is 35.7 Å². The minimum absolute atomic E-state index is 0.453. The molecule has 1 saturated heterocycles. The number of benzene rings is 2. The number of hydrogen-bond acceptors (Lipinski definition) is 1. The predicted molar refractivity (Wildman–Crippen MR) is 76.1 cm³/mol. The van der Waals surface area contributed by atoms with Crippen molar-refractivity contribution in [2.24, 2.45) is 0 Å². The molecule has 0 amide bonds. The Balaban J connectivity index is 1.97. The van der Waals surface area contributed by atoms with Crippen molar-refractivity contribution in [3.8, 4) is 0 Å². The molecule has 0 N–H and O–H groups in total. The van der Waals surface area contributed by atoms with Crippen LogP contribution >= 0.6 is 10.8 Å². The normalized spacial score (nSPS) is 21.1. The standard InChI is InChI=1S/C14H15S2/c1-2-6-13-11-14(8-7-12(13)5-1)16-10-4-3-9-15-16/h1-2,5-8,11H,3-4,9-10H2/q+1. The van der Waals surface area contributed by atoms with Gasteiger partial charge in [-0.2, -0.15) is 0 Å². The molecule has 2 heteroatoms. The van der Waals surface area contributed by atoms with Gasteiger partial charge in [-0.3, -0.25) is 0 Å². The van der Waals surface area contributed by atoms with Crippen molar-refractivity contribution in [1.29, 1.82) is 0 Å². The summed E-state index contributed by atoms with van der Waals surface area (Å²) in [6, 6.07) is 15.6. The molecule has 1 heterocycles. The zero-order valence-corrected chi connectivity index (χ0v) is 10.8. The number of fused-ring (bicyclic) bond motifs is 1. The van der Waals surface area contributed by atoms with Crippen molar-refractivity contribution in [2.75, 3.05) is 11.5 Å². The molecule has 3 rings (SSSR count). The van der Waals surface area contributed by atoms with Crippen LogP contribution in [0.4, 0.5) is 0 Å². The summed E-state index contributed by atoms with van der Waals surface area (Å²) in [7, 11) is 2.61. The molecule has 2 aromatic carbocycles. The fraction of sp³-hybridized carbons (Fsp3) is 0.286. The van der Waals surface area contributed by atoms with Crippen LogP contribution in [0, 0.1) is 0 Å². The van der Waals surface area contributed by atoms with Crippen molar-refractivity contribution in [2.45, 2.75) is 17.7 Å². The first-order valence-corrected chi connectivity index (χ1v) is 8.66. The molecule has 0 saturated carbocycles. The fourth-order valence-electron chi connectivity index (χ4n) is 2.05. The number of hydrogen-bond donors (Lipinski definition) is 0. The zero-order valence-electron chi connectivity index (χ0n) is 9.19.